The monoisotopic (exact) mass is 2140 g/mol. The van der Waals surface area contributed by atoms with Gasteiger partial charge in [0, 0.05) is 105 Å². The summed E-state index contributed by atoms with van der Waals surface area (Å²) in [5.41, 5.74) is 24.9. The maximum atomic E-state index is 12.9. The molecule has 13 aromatic carbocycles. The molecule has 0 saturated carbocycles. The summed E-state index contributed by atoms with van der Waals surface area (Å²) in [6.45, 7) is 3.79. The molecular weight excluding hydrogens is 2070 g/mol. The Balaban J connectivity index is 0.000000142. The smallest absolute Gasteiger partial charge is 0.477 e. The van der Waals surface area contributed by atoms with Crippen molar-refractivity contribution in [1.29, 1.82) is 0 Å². The molecule has 0 spiro atoms. The van der Waals surface area contributed by atoms with Crippen molar-refractivity contribution in [3.8, 4) is 90.1 Å². The molecule has 0 aliphatic rings. The molecule has 605 valence electrons. The average molecular weight is 2140 g/mol. The van der Waals surface area contributed by atoms with E-state index in [9.17, 15) is 18.4 Å². The Morgan fingerprint density at radius 2 is 0.488 bits per heavy atom. The van der Waals surface area contributed by atoms with Gasteiger partial charge in [0.2, 0.25) is 0 Å². The Kier molecular flexibility index (Phi) is 32.4. The van der Waals surface area contributed by atoms with Gasteiger partial charge in [0.1, 0.15) is 11.4 Å². The fourth-order valence-corrected chi connectivity index (χ4v) is 12.3. The number of aromatic nitrogens is 12. The number of para-hydroxylation sites is 10. The van der Waals surface area contributed by atoms with Crippen molar-refractivity contribution in [2.45, 2.75) is 13.8 Å². The van der Waals surface area contributed by atoms with E-state index in [1.54, 1.807) is 36.4 Å². The first kappa shape index (κ1) is 89.4. The second kappa shape index (κ2) is 44.6. The summed E-state index contributed by atoms with van der Waals surface area (Å²) < 4.78 is 25.8. The Morgan fingerprint density at radius 1 is 0.260 bits per heavy atom. The number of hydrogen-bond acceptors (Lipinski definition) is 14. The number of aromatic carboxylic acids is 2. The van der Waals surface area contributed by atoms with E-state index in [1.807, 2.05) is 263 Å². The number of nitrogens with zero attached hydrogens (tertiary/aromatic N) is 12. The Morgan fingerprint density at radius 3 is 0.707 bits per heavy atom. The molecule has 0 fully saturated rings. The molecule has 0 amide bonds. The number of carboxylic acid groups (broad SMARTS) is 2. The number of carboxylic acids is 2. The predicted molar refractivity (Wildman–Crippen MR) is 467 cm³/mol. The Labute approximate surface area is 749 Å². The van der Waals surface area contributed by atoms with Crippen molar-refractivity contribution in [3.63, 3.8) is 0 Å². The van der Waals surface area contributed by atoms with Crippen LogP contribution in [-0.4, -0.2) is 82.0 Å². The maximum absolute atomic E-state index is 12.9. The molecule has 7 heterocycles. The molecule has 0 aliphatic carbocycles. The summed E-state index contributed by atoms with van der Waals surface area (Å²) in [5, 5.41) is 16.6. The van der Waals surface area contributed by atoms with Gasteiger partial charge in [0.05, 0.1) is 72.2 Å². The van der Waals surface area contributed by atoms with E-state index >= 15 is 0 Å². The van der Waals surface area contributed by atoms with E-state index in [1.165, 1.54) is 48.8 Å². The van der Waals surface area contributed by atoms with Crippen LogP contribution >= 0.6 is 0 Å². The van der Waals surface area contributed by atoms with Crippen LogP contribution in [-0.2, 0) is 61.3 Å². The first-order chi connectivity index (χ1) is 58.8. The molecule has 0 aliphatic heterocycles. The molecule has 1 radical (unpaired) electrons. The number of hydrogen-bond donors (Lipinski definition) is 2. The second-order valence-corrected chi connectivity index (χ2v) is 26.3. The van der Waals surface area contributed by atoms with Crippen molar-refractivity contribution in [2.75, 3.05) is 0 Å². The topological polar surface area (TPSA) is 229 Å². The van der Waals surface area contributed by atoms with Crippen LogP contribution in [0.1, 0.15) is 32.4 Å². The minimum Gasteiger partial charge on any atom is -0.477 e. The van der Waals surface area contributed by atoms with E-state index in [0.29, 0.717) is 0 Å². The van der Waals surface area contributed by atoms with Crippen molar-refractivity contribution < 1.29 is 89.9 Å². The quantitative estimate of drug-likeness (QED) is 0.121. The molecule has 0 unspecified atom stereocenters. The summed E-state index contributed by atoms with van der Waals surface area (Å²) in [7, 11) is 0. The van der Waals surface area contributed by atoms with Crippen LogP contribution in [0.5, 0.6) is 0 Å². The van der Waals surface area contributed by atoms with E-state index in [-0.39, 0.29) is 84.3 Å². The molecule has 7 aromatic heterocycles. The van der Waals surface area contributed by atoms with E-state index in [2.05, 4.69) is 96.6 Å². The van der Waals surface area contributed by atoms with Crippen LogP contribution in [0.3, 0.4) is 0 Å². The van der Waals surface area contributed by atoms with E-state index in [4.69, 9.17) is 40.1 Å². The van der Waals surface area contributed by atoms with Crippen molar-refractivity contribution in [3.05, 3.63) is 435 Å². The number of aryl methyl sites for hydroxylation is 2. The van der Waals surface area contributed by atoms with Gasteiger partial charge in [-0.25, -0.2) is 19.6 Å². The average Bonchev–Trinajstić information content (AvgIpc) is 0.801. The van der Waals surface area contributed by atoms with Gasteiger partial charge in [0.25, 0.3) is 0 Å². The maximum Gasteiger partial charge on any atom is 3.00 e. The molecule has 16 nitrogen and oxygen atoms in total. The summed E-state index contributed by atoms with van der Waals surface area (Å²) >= 11 is 0. The third kappa shape index (κ3) is 23.8. The van der Waals surface area contributed by atoms with E-state index in [0.717, 1.165) is 157 Å². The molecule has 20 rings (SSSR count). The van der Waals surface area contributed by atoms with Gasteiger partial charge >= 0.3 is 32.0 Å². The second-order valence-electron chi connectivity index (χ2n) is 26.3. The third-order valence-corrected chi connectivity index (χ3v) is 18.1. The van der Waals surface area contributed by atoms with Crippen molar-refractivity contribution in [2.24, 2.45) is 0 Å². The minimum atomic E-state index is -0.990. The largest absolute Gasteiger partial charge is 3.00 e. The van der Waals surface area contributed by atoms with Crippen molar-refractivity contribution in [1.82, 2.24) is 59.8 Å². The third-order valence-electron chi connectivity index (χ3n) is 18.1. The standard InChI is InChI=1S/3C20H13N2.2C15H10FN2.2C6H5NO2.2Ir.Pt/c3*1-3-9-15(10-4-1)19-20(16-11-5-2-6-12-16)22-18-14-8-7-13-17(18)21-19;2*1-10-15(11-6-8-12(16)9-7-11)18-14-5-3-2-4-13(14)17-10;2*8-6(9)5-3-1-2-4-7-5;;;/h3*1-11,13-14H;2*2-6,8-9H,1H3;2*1-4H,(H,8,9);;;/q5*-1;;;;+3;. The first-order valence-electron chi connectivity index (χ1n) is 37.8. The van der Waals surface area contributed by atoms with Crippen molar-refractivity contribution >= 4 is 67.1 Å². The summed E-state index contributed by atoms with van der Waals surface area (Å²) in [4.78, 5) is 74.5. The number of carbonyl (C=O) groups is 2. The van der Waals surface area contributed by atoms with Gasteiger partial charge in [-0.1, -0.05) is 164 Å². The molecular formula is C102H69F2Ir2N12O4Pt-2. The number of benzene rings is 13. The fourth-order valence-electron chi connectivity index (χ4n) is 12.3. The first-order valence-corrected chi connectivity index (χ1v) is 37.8. The Bertz CT molecular complexity index is 6050. The molecule has 0 saturated heterocycles. The molecule has 0 bridgehead atoms. The van der Waals surface area contributed by atoms with Crippen LogP contribution in [0, 0.1) is 55.8 Å². The summed E-state index contributed by atoms with van der Waals surface area (Å²) in [5.74, 6) is -2.58. The zero-order valence-electron chi connectivity index (χ0n) is 65.5. The van der Waals surface area contributed by atoms with Crippen LogP contribution in [0.2, 0.25) is 0 Å². The van der Waals surface area contributed by atoms with E-state index < -0.39 is 11.9 Å². The van der Waals surface area contributed by atoms with Crippen LogP contribution < -0.4 is 0 Å². The zero-order valence-corrected chi connectivity index (χ0v) is 72.6. The SMILES string of the molecule is Cc1nc2ccccc2nc1-c1[c-]cc(F)cc1.Cc1nc2ccccc2nc1-c1[c-]cc(F)cc1.O=C(O)c1ccccn1.O=C(O)c1ccccn1.[Ir+3].[Ir].[Pt].[c-]1ccccc1-c1nc2ccccc2nc1-c1ccccc1.[c-]1ccccc1-c1nc2ccccc2nc1-c1ccccc1.[c-]1ccccc1-c1nc2ccccc2nc1-c1ccccc1. The summed E-state index contributed by atoms with van der Waals surface area (Å²) in [6, 6.07) is 127. The van der Waals surface area contributed by atoms with Gasteiger partial charge in [0.15, 0.2) is 0 Å². The molecule has 0 atom stereocenters. The number of halogens is 2. The molecule has 20 aromatic rings. The van der Waals surface area contributed by atoms with Gasteiger partial charge in [-0.15, -0.1) is 167 Å². The molecule has 2 N–H and O–H groups in total. The van der Waals surface area contributed by atoms with Gasteiger partial charge in [-0.05, 0) is 115 Å². The fraction of sp³-hybridized carbons (Fsp3) is 0.0196. The van der Waals surface area contributed by atoms with Crippen LogP contribution in [0.15, 0.2) is 370 Å². The van der Waals surface area contributed by atoms with Gasteiger partial charge < -0.3 is 10.2 Å². The number of rotatable bonds is 10. The van der Waals surface area contributed by atoms with Gasteiger partial charge in [-0.2, -0.15) is 0 Å². The molecule has 123 heavy (non-hydrogen) atoms. The normalized spacial score (nSPS) is 10.2. The zero-order chi connectivity index (χ0) is 82.8. The molecule has 21 heteroatoms. The van der Waals surface area contributed by atoms with Gasteiger partial charge in [-0.3, -0.25) is 58.6 Å². The van der Waals surface area contributed by atoms with Crippen LogP contribution in [0.25, 0.3) is 145 Å². The minimum absolute atomic E-state index is 0. The van der Waals surface area contributed by atoms with Crippen LogP contribution in [0.4, 0.5) is 8.78 Å². The summed E-state index contributed by atoms with van der Waals surface area (Å²) in [6.07, 6.45) is 2.90. The number of pyridine rings is 2. The predicted octanol–water partition coefficient (Wildman–Crippen LogP) is 22.9. The number of fused-ring (bicyclic) bond motifs is 5. The Hall–Kier alpha value is -14.4.